The smallest absolute Gasteiger partial charge is 0.167 e. The summed E-state index contributed by atoms with van der Waals surface area (Å²) in [7, 11) is 0. The molecule has 3 nitrogen and oxygen atoms in total. The van der Waals surface area contributed by atoms with Gasteiger partial charge in [-0.25, -0.2) is 0 Å². The van der Waals surface area contributed by atoms with Gasteiger partial charge in [0.05, 0.1) is 5.69 Å². The maximum Gasteiger partial charge on any atom is 0.167 e. The van der Waals surface area contributed by atoms with Gasteiger partial charge in [0, 0.05) is 28.6 Å². The van der Waals surface area contributed by atoms with Crippen molar-refractivity contribution in [1.82, 2.24) is 10.5 Å². The van der Waals surface area contributed by atoms with Gasteiger partial charge in [0.2, 0.25) is 0 Å². The van der Waals surface area contributed by atoms with Gasteiger partial charge < -0.3 is 9.84 Å². The minimum atomic E-state index is 0.383. The summed E-state index contributed by atoms with van der Waals surface area (Å²) in [5, 5.41) is 8.21. The van der Waals surface area contributed by atoms with Crippen molar-refractivity contribution in [2.24, 2.45) is 17.8 Å². The molecule has 1 heterocycles. The fraction of sp³-hybridized carbons (Fsp3) is 0.571. The van der Waals surface area contributed by atoms with Crippen molar-refractivity contribution < 1.29 is 4.52 Å². The van der Waals surface area contributed by atoms with Gasteiger partial charge in [-0.3, -0.25) is 0 Å². The van der Waals surface area contributed by atoms with Crippen LogP contribution in [0, 0.1) is 17.8 Å². The Kier molecular flexibility index (Phi) is 3.94. The maximum atomic E-state index is 5.60. The Morgan fingerprint density at radius 3 is 2.32 bits per heavy atom. The summed E-state index contributed by atoms with van der Waals surface area (Å²) in [6.45, 7) is 0.832. The first-order valence-corrected chi connectivity index (χ1v) is 10.8. The molecule has 4 heteroatoms. The van der Waals surface area contributed by atoms with Gasteiger partial charge in [0.15, 0.2) is 5.76 Å². The standard InChI is InChI=1S/C21H26N2OS/c1-25-19-4-2-17(3-5-19)20-9-18(23-24-20)13-22-21-10-14-6-15(11-21)8-16(7-14)12-21/h2-5,9,14-16,22H,6-8,10-13H2,1H3. The first-order chi connectivity index (χ1) is 12.2. The van der Waals surface area contributed by atoms with Crippen molar-refractivity contribution in [1.29, 1.82) is 0 Å². The van der Waals surface area contributed by atoms with Crippen LogP contribution in [0.1, 0.15) is 44.2 Å². The summed E-state index contributed by atoms with van der Waals surface area (Å²) in [6, 6.07) is 10.6. The van der Waals surface area contributed by atoms with Crippen LogP contribution in [0.4, 0.5) is 0 Å². The molecule has 2 aromatic rings. The minimum Gasteiger partial charge on any atom is -0.356 e. The summed E-state index contributed by atoms with van der Waals surface area (Å²) < 4.78 is 5.60. The van der Waals surface area contributed by atoms with Crippen LogP contribution in [-0.4, -0.2) is 17.0 Å². The largest absolute Gasteiger partial charge is 0.356 e. The Balaban J connectivity index is 1.27. The highest BCUT2D eigenvalue weighted by atomic mass is 32.2. The molecular weight excluding hydrogens is 328 g/mol. The van der Waals surface area contributed by atoms with E-state index in [0.717, 1.165) is 41.3 Å². The fourth-order valence-electron chi connectivity index (χ4n) is 5.89. The van der Waals surface area contributed by atoms with Crippen LogP contribution in [0.25, 0.3) is 11.3 Å². The van der Waals surface area contributed by atoms with Gasteiger partial charge >= 0.3 is 0 Å². The van der Waals surface area contributed by atoms with E-state index < -0.39 is 0 Å². The predicted molar refractivity (Wildman–Crippen MR) is 101 cm³/mol. The Bertz CT molecular complexity index is 716. The van der Waals surface area contributed by atoms with Crippen LogP contribution >= 0.6 is 11.8 Å². The first-order valence-electron chi connectivity index (χ1n) is 9.56. The van der Waals surface area contributed by atoms with Gasteiger partial charge in [0.25, 0.3) is 0 Å². The lowest BCUT2D eigenvalue weighted by atomic mass is 9.53. The molecule has 1 aromatic carbocycles. The molecule has 6 rings (SSSR count). The zero-order valence-electron chi connectivity index (χ0n) is 14.8. The van der Waals surface area contributed by atoms with Crippen LogP contribution < -0.4 is 5.32 Å². The van der Waals surface area contributed by atoms with Gasteiger partial charge in [0.1, 0.15) is 0 Å². The molecule has 0 spiro atoms. The average Bonchev–Trinajstić information content (AvgIpc) is 3.08. The van der Waals surface area contributed by atoms with E-state index in [4.69, 9.17) is 4.52 Å². The molecule has 4 fully saturated rings. The molecule has 0 amide bonds. The van der Waals surface area contributed by atoms with Crippen molar-refractivity contribution in [2.75, 3.05) is 6.26 Å². The molecule has 0 saturated heterocycles. The topological polar surface area (TPSA) is 38.1 Å². The number of hydrogen-bond donors (Lipinski definition) is 1. The van der Waals surface area contributed by atoms with Crippen LogP contribution in [0.2, 0.25) is 0 Å². The average molecular weight is 355 g/mol. The monoisotopic (exact) mass is 354 g/mol. The second-order valence-corrected chi connectivity index (χ2v) is 9.34. The minimum absolute atomic E-state index is 0.383. The van der Waals surface area contributed by atoms with E-state index in [2.05, 4.69) is 47.1 Å². The Morgan fingerprint density at radius 1 is 1.08 bits per heavy atom. The highest BCUT2D eigenvalue weighted by Crippen LogP contribution is 2.55. The summed E-state index contributed by atoms with van der Waals surface area (Å²) >= 11 is 1.76. The lowest BCUT2D eigenvalue weighted by Crippen LogP contribution is -2.58. The summed E-state index contributed by atoms with van der Waals surface area (Å²) in [4.78, 5) is 1.27. The fourth-order valence-corrected chi connectivity index (χ4v) is 6.30. The van der Waals surface area contributed by atoms with E-state index in [1.165, 1.54) is 43.4 Å². The van der Waals surface area contributed by atoms with Crippen molar-refractivity contribution in [2.45, 2.75) is 55.5 Å². The number of hydrogen-bond acceptors (Lipinski definition) is 4. The number of rotatable bonds is 5. The van der Waals surface area contributed by atoms with E-state index in [0.29, 0.717) is 5.54 Å². The van der Waals surface area contributed by atoms with Crippen molar-refractivity contribution in [3.8, 4) is 11.3 Å². The molecule has 4 bridgehead atoms. The van der Waals surface area contributed by atoms with E-state index in [1.807, 2.05) is 0 Å². The Morgan fingerprint density at radius 2 is 1.72 bits per heavy atom. The molecule has 4 saturated carbocycles. The molecule has 132 valence electrons. The maximum absolute atomic E-state index is 5.60. The zero-order valence-corrected chi connectivity index (χ0v) is 15.6. The summed E-state index contributed by atoms with van der Waals surface area (Å²) in [6.07, 6.45) is 10.7. The zero-order chi connectivity index (χ0) is 16.9. The third kappa shape index (κ3) is 3.04. The molecule has 1 aromatic heterocycles. The van der Waals surface area contributed by atoms with E-state index in [9.17, 15) is 0 Å². The lowest BCUT2D eigenvalue weighted by Gasteiger charge is -2.57. The molecule has 0 unspecified atom stereocenters. The molecular formula is C21H26N2OS. The molecule has 4 aliphatic rings. The Labute approximate surface area is 153 Å². The number of thioether (sulfide) groups is 1. The number of nitrogens with one attached hydrogen (secondary N) is 1. The van der Waals surface area contributed by atoms with Gasteiger partial charge in [-0.1, -0.05) is 17.3 Å². The highest BCUT2D eigenvalue weighted by molar-refractivity contribution is 7.98. The number of aromatic nitrogens is 1. The van der Waals surface area contributed by atoms with Crippen LogP contribution in [0.3, 0.4) is 0 Å². The molecule has 0 radical (unpaired) electrons. The first kappa shape index (κ1) is 16.0. The lowest BCUT2D eigenvalue weighted by molar-refractivity contribution is -0.0208. The van der Waals surface area contributed by atoms with Crippen molar-refractivity contribution >= 4 is 11.8 Å². The second-order valence-electron chi connectivity index (χ2n) is 8.46. The second kappa shape index (κ2) is 6.17. The van der Waals surface area contributed by atoms with Gasteiger partial charge in [-0.05, 0) is 74.7 Å². The normalized spacial score (nSPS) is 33.1. The van der Waals surface area contributed by atoms with Crippen molar-refractivity contribution in [3.05, 3.63) is 36.0 Å². The van der Waals surface area contributed by atoms with E-state index >= 15 is 0 Å². The van der Waals surface area contributed by atoms with Crippen LogP contribution in [0.15, 0.2) is 39.8 Å². The third-order valence-electron chi connectivity index (χ3n) is 6.62. The molecule has 0 atom stereocenters. The van der Waals surface area contributed by atoms with Crippen LogP contribution in [-0.2, 0) is 6.54 Å². The highest BCUT2D eigenvalue weighted by Gasteiger charge is 2.50. The Hall–Kier alpha value is -1.26. The predicted octanol–water partition coefficient (Wildman–Crippen LogP) is 5.12. The SMILES string of the molecule is CSc1ccc(-c2cc(CNC34CC5CC(CC(C5)C3)C4)no2)cc1. The molecule has 1 N–H and O–H groups in total. The molecule has 0 aliphatic heterocycles. The van der Waals surface area contributed by atoms with Crippen LogP contribution in [0.5, 0.6) is 0 Å². The van der Waals surface area contributed by atoms with Gasteiger partial charge in [-0.2, -0.15) is 0 Å². The molecule has 25 heavy (non-hydrogen) atoms. The number of nitrogens with zero attached hydrogens (tertiary/aromatic N) is 1. The summed E-state index contributed by atoms with van der Waals surface area (Å²) in [5.74, 6) is 3.79. The van der Waals surface area contributed by atoms with Gasteiger partial charge in [-0.15, -0.1) is 11.8 Å². The summed E-state index contributed by atoms with van der Waals surface area (Å²) in [5.41, 5.74) is 2.51. The van der Waals surface area contributed by atoms with E-state index in [1.54, 1.807) is 11.8 Å². The molecule has 4 aliphatic carbocycles. The third-order valence-corrected chi connectivity index (χ3v) is 7.36. The van der Waals surface area contributed by atoms with Crippen molar-refractivity contribution in [3.63, 3.8) is 0 Å². The number of benzene rings is 1. The quantitative estimate of drug-likeness (QED) is 0.756. The van der Waals surface area contributed by atoms with E-state index in [-0.39, 0.29) is 0 Å².